The fraction of sp³-hybridized carbons (Fsp3) is 0.0833. The van der Waals surface area contributed by atoms with Crippen LogP contribution in [0.3, 0.4) is 0 Å². The molecule has 0 bridgehead atoms. The molecule has 1 atom stereocenters. The summed E-state index contributed by atoms with van der Waals surface area (Å²) < 4.78 is 0. The van der Waals surface area contributed by atoms with Gasteiger partial charge in [0.05, 0.1) is 29.8 Å². The van der Waals surface area contributed by atoms with Gasteiger partial charge in [0.25, 0.3) is 0 Å². The van der Waals surface area contributed by atoms with Gasteiger partial charge in [-0.3, -0.25) is 9.97 Å². The van der Waals surface area contributed by atoms with Crippen LogP contribution in [0.25, 0.3) is 11.1 Å². The number of hydrogen-bond acceptors (Lipinski definition) is 3. The minimum atomic E-state index is 0.0425. The lowest BCUT2D eigenvalue weighted by Crippen LogP contribution is -2.22. The first-order valence-corrected chi connectivity index (χ1v) is 9.56. The van der Waals surface area contributed by atoms with Crippen molar-refractivity contribution in [3.05, 3.63) is 108 Å². The molecule has 0 saturated carbocycles. The van der Waals surface area contributed by atoms with Gasteiger partial charge in [-0.25, -0.2) is 0 Å². The van der Waals surface area contributed by atoms with E-state index in [-0.39, 0.29) is 6.04 Å². The molecule has 1 unspecified atom stereocenters. The number of pyridine rings is 2. The van der Waals surface area contributed by atoms with Crippen molar-refractivity contribution in [1.82, 2.24) is 9.97 Å². The molecule has 0 radical (unpaired) electrons. The summed E-state index contributed by atoms with van der Waals surface area (Å²) in [5, 5.41) is 0.747. The van der Waals surface area contributed by atoms with Gasteiger partial charge in [-0.05, 0) is 48.4 Å². The molecule has 4 rings (SSSR count). The molecule has 4 heteroatoms. The lowest BCUT2D eigenvalue weighted by molar-refractivity contribution is 0.772. The quantitative estimate of drug-likeness (QED) is 0.383. The summed E-state index contributed by atoms with van der Waals surface area (Å²) in [6, 6.07) is 24.4. The maximum Gasteiger partial charge on any atom is 0.0603 e. The minimum absolute atomic E-state index is 0.0425. The van der Waals surface area contributed by atoms with Crippen LogP contribution in [0.15, 0.2) is 97.6 Å². The number of aromatic nitrogens is 2. The van der Waals surface area contributed by atoms with Gasteiger partial charge in [-0.15, -0.1) is 0 Å². The summed E-state index contributed by atoms with van der Waals surface area (Å²) >= 11 is 6.52. The van der Waals surface area contributed by atoms with E-state index in [1.807, 2.05) is 48.8 Å². The highest BCUT2D eigenvalue weighted by Gasteiger charge is 2.22. The Morgan fingerprint density at radius 2 is 1.29 bits per heavy atom. The monoisotopic (exact) mass is 385 g/mol. The Balaban J connectivity index is 1.85. The molecule has 0 N–H and O–H groups in total. The van der Waals surface area contributed by atoms with E-state index in [1.54, 1.807) is 12.4 Å². The molecule has 3 nitrogen and oxygen atoms in total. The molecule has 0 spiro atoms. The van der Waals surface area contributed by atoms with Crippen LogP contribution >= 0.6 is 11.6 Å². The SMILES string of the molecule is CC(c1ccccc1-c1ccccc1Cl)N(c1cccnc1)c1cccnc1. The average Bonchev–Trinajstić information content (AvgIpc) is 2.76. The van der Waals surface area contributed by atoms with Gasteiger partial charge in [0.15, 0.2) is 0 Å². The van der Waals surface area contributed by atoms with Crippen molar-refractivity contribution >= 4 is 23.0 Å². The Hall–Kier alpha value is -3.17. The van der Waals surface area contributed by atoms with Crippen molar-refractivity contribution in [3.8, 4) is 11.1 Å². The van der Waals surface area contributed by atoms with Crippen LogP contribution in [0, 0.1) is 0 Å². The minimum Gasteiger partial charge on any atom is -0.332 e. The third-order valence-corrected chi connectivity index (χ3v) is 5.14. The molecule has 0 aliphatic heterocycles. The maximum atomic E-state index is 6.52. The summed E-state index contributed by atoms with van der Waals surface area (Å²) in [6.07, 6.45) is 7.32. The molecule has 4 aromatic rings. The summed E-state index contributed by atoms with van der Waals surface area (Å²) in [7, 11) is 0. The van der Waals surface area contributed by atoms with E-state index in [2.05, 4.69) is 58.2 Å². The van der Waals surface area contributed by atoms with Gasteiger partial charge in [0.1, 0.15) is 0 Å². The van der Waals surface area contributed by atoms with Crippen LogP contribution in [0.2, 0.25) is 5.02 Å². The summed E-state index contributed by atoms with van der Waals surface area (Å²) in [4.78, 5) is 10.9. The smallest absolute Gasteiger partial charge is 0.0603 e. The molecule has 2 heterocycles. The fourth-order valence-electron chi connectivity index (χ4n) is 3.51. The summed E-state index contributed by atoms with van der Waals surface area (Å²) in [6.45, 7) is 2.19. The molecular weight excluding hydrogens is 366 g/mol. The second kappa shape index (κ2) is 8.24. The number of halogens is 1. The molecule has 0 fully saturated rings. The normalized spacial score (nSPS) is 11.8. The Kier molecular flexibility index (Phi) is 5.36. The summed E-state index contributed by atoms with van der Waals surface area (Å²) in [5.74, 6) is 0. The van der Waals surface area contributed by atoms with Gasteiger partial charge >= 0.3 is 0 Å². The molecule has 0 aliphatic rings. The highest BCUT2D eigenvalue weighted by Crippen LogP contribution is 2.39. The first-order chi connectivity index (χ1) is 13.8. The van der Waals surface area contributed by atoms with E-state index < -0.39 is 0 Å². The van der Waals surface area contributed by atoms with Crippen LogP contribution in [-0.4, -0.2) is 9.97 Å². The van der Waals surface area contributed by atoms with Crippen molar-refractivity contribution in [2.24, 2.45) is 0 Å². The molecular formula is C24H20ClN3. The standard InChI is InChI=1S/C24H20ClN3/c1-18(21-10-2-3-11-22(21)23-12-4-5-13-24(23)25)28(19-8-6-14-26-16-19)20-9-7-15-27-17-20/h2-18H,1H3. The Labute approximate surface area is 170 Å². The van der Waals surface area contributed by atoms with Crippen molar-refractivity contribution in [1.29, 1.82) is 0 Å². The van der Waals surface area contributed by atoms with E-state index in [0.29, 0.717) is 0 Å². The lowest BCUT2D eigenvalue weighted by atomic mass is 9.94. The van der Waals surface area contributed by atoms with Crippen LogP contribution in [0.5, 0.6) is 0 Å². The largest absolute Gasteiger partial charge is 0.332 e. The fourth-order valence-corrected chi connectivity index (χ4v) is 3.75. The van der Waals surface area contributed by atoms with E-state index in [0.717, 1.165) is 27.5 Å². The van der Waals surface area contributed by atoms with E-state index in [1.165, 1.54) is 5.56 Å². The number of anilines is 2. The summed E-state index contributed by atoms with van der Waals surface area (Å²) in [5.41, 5.74) is 5.36. The Bertz CT molecular complexity index is 1010. The van der Waals surface area contributed by atoms with Crippen LogP contribution in [0.1, 0.15) is 18.5 Å². The molecule has 0 amide bonds. The lowest BCUT2D eigenvalue weighted by Gasteiger charge is -2.32. The zero-order valence-corrected chi connectivity index (χ0v) is 16.3. The number of rotatable bonds is 5. The van der Waals surface area contributed by atoms with Crippen molar-refractivity contribution in [2.45, 2.75) is 13.0 Å². The van der Waals surface area contributed by atoms with Crippen molar-refractivity contribution in [3.63, 3.8) is 0 Å². The molecule has 2 aromatic carbocycles. The van der Waals surface area contributed by atoms with E-state index >= 15 is 0 Å². The third kappa shape index (κ3) is 3.62. The van der Waals surface area contributed by atoms with Crippen molar-refractivity contribution < 1.29 is 0 Å². The predicted octanol–water partition coefficient (Wildman–Crippen LogP) is 6.70. The first-order valence-electron chi connectivity index (χ1n) is 9.19. The van der Waals surface area contributed by atoms with Crippen molar-refractivity contribution in [2.75, 3.05) is 4.90 Å². The second-order valence-electron chi connectivity index (χ2n) is 6.54. The van der Waals surface area contributed by atoms with E-state index in [9.17, 15) is 0 Å². The average molecular weight is 386 g/mol. The third-order valence-electron chi connectivity index (χ3n) is 4.81. The zero-order valence-electron chi connectivity index (χ0n) is 15.5. The van der Waals surface area contributed by atoms with Gasteiger partial charge in [0, 0.05) is 23.0 Å². The second-order valence-corrected chi connectivity index (χ2v) is 6.94. The topological polar surface area (TPSA) is 29.0 Å². The van der Waals surface area contributed by atoms with Gasteiger partial charge in [0.2, 0.25) is 0 Å². The van der Waals surface area contributed by atoms with Gasteiger partial charge in [-0.1, -0.05) is 54.1 Å². The molecule has 2 aromatic heterocycles. The zero-order chi connectivity index (χ0) is 19.3. The van der Waals surface area contributed by atoms with Crippen LogP contribution in [-0.2, 0) is 0 Å². The molecule has 0 aliphatic carbocycles. The molecule has 138 valence electrons. The van der Waals surface area contributed by atoms with E-state index in [4.69, 9.17) is 11.6 Å². The number of nitrogens with zero attached hydrogens (tertiary/aromatic N) is 3. The Morgan fingerprint density at radius 1 is 0.714 bits per heavy atom. The number of hydrogen-bond donors (Lipinski definition) is 0. The molecule has 28 heavy (non-hydrogen) atoms. The predicted molar refractivity (Wildman–Crippen MR) is 116 cm³/mol. The van der Waals surface area contributed by atoms with Gasteiger partial charge < -0.3 is 4.90 Å². The number of benzene rings is 2. The maximum absolute atomic E-state index is 6.52. The first kappa shape index (κ1) is 18.2. The molecule has 0 saturated heterocycles. The Morgan fingerprint density at radius 3 is 1.86 bits per heavy atom. The highest BCUT2D eigenvalue weighted by molar-refractivity contribution is 6.33. The highest BCUT2D eigenvalue weighted by atomic mass is 35.5. The van der Waals surface area contributed by atoms with Crippen LogP contribution in [0.4, 0.5) is 11.4 Å². The van der Waals surface area contributed by atoms with Crippen LogP contribution < -0.4 is 4.90 Å². The van der Waals surface area contributed by atoms with Gasteiger partial charge in [-0.2, -0.15) is 0 Å².